The van der Waals surface area contributed by atoms with E-state index in [4.69, 9.17) is 23.2 Å². The summed E-state index contributed by atoms with van der Waals surface area (Å²) in [5.41, 5.74) is 1.21. The fourth-order valence-corrected chi connectivity index (χ4v) is 4.92. The van der Waals surface area contributed by atoms with E-state index in [0.717, 1.165) is 12.8 Å². The second kappa shape index (κ2) is 8.29. The first-order valence-electron chi connectivity index (χ1n) is 9.62. The predicted octanol–water partition coefficient (Wildman–Crippen LogP) is 3.08. The molecule has 0 radical (unpaired) electrons. The highest BCUT2D eigenvalue weighted by Gasteiger charge is 2.25. The summed E-state index contributed by atoms with van der Waals surface area (Å²) >= 11 is 12.5. The van der Waals surface area contributed by atoms with Crippen molar-refractivity contribution < 1.29 is 8.42 Å². The smallest absolute Gasteiger partial charge is 0.229 e. The highest BCUT2D eigenvalue weighted by atomic mass is 35.5. The number of sulfonamides is 1. The number of rotatable bonds is 5. The lowest BCUT2D eigenvalue weighted by Crippen LogP contribution is -2.31. The van der Waals surface area contributed by atoms with Gasteiger partial charge in [-0.1, -0.05) is 23.2 Å². The van der Waals surface area contributed by atoms with Gasteiger partial charge in [-0.15, -0.1) is 0 Å². The fraction of sp³-hybridized carbons (Fsp3) is 0.529. The van der Waals surface area contributed by atoms with E-state index in [1.165, 1.54) is 10.6 Å². The normalized spacial score (nSPS) is 18.6. The average Bonchev–Trinajstić information content (AvgIpc) is 3.08. The van der Waals surface area contributed by atoms with E-state index in [1.807, 2.05) is 6.92 Å². The molecule has 0 aromatic carbocycles. The van der Waals surface area contributed by atoms with Gasteiger partial charge in [-0.3, -0.25) is 4.68 Å². The Morgan fingerprint density at radius 1 is 1.20 bits per heavy atom. The Balaban J connectivity index is 1.54. The Morgan fingerprint density at radius 3 is 2.73 bits per heavy atom. The Labute approximate surface area is 184 Å². The topological polar surface area (TPSA) is 111 Å². The molecule has 1 saturated heterocycles. The van der Waals surface area contributed by atoms with Gasteiger partial charge in [0.1, 0.15) is 0 Å². The van der Waals surface area contributed by atoms with Crippen LogP contribution < -0.4 is 5.32 Å². The highest BCUT2D eigenvalue weighted by molar-refractivity contribution is 7.88. The van der Waals surface area contributed by atoms with Gasteiger partial charge in [0, 0.05) is 25.8 Å². The van der Waals surface area contributed by atoms with Crippen LogP contribution in [0.5, 0.6) is 0 Å². The van der Waals surface area contributed by atoms with Gasteiger partial charge in [0.15, 0.2) is 16.0 Å². The molecule has 1 atom stereocenters. The maximum atomic E-state index is 11.8. The SMILES string of the molecule is CCn1nc(Cl)c2cnc(Nc3cn(C4CCCN(S(C)(=O)=O)CC4)nc3Cl)nc21. The number of hydrogen-bond donors (Lipinski definition) is 1. The summed E-state index contributed by atoms with van der Waals surface area (Å²) in [6.45, 7) is 3.57. The first-order valence-corrected chi connectivity index (χ1v) is 12.2. The molecule has 3 aromatic rings. The van der Waals surface area contributed by atoms with E-state index in [9.17, 15) is 8.42 Å². The monoisotopic (exact) mass is 472 g/mol. The minimum atomic E-state index is -3.19. The maximum absolute atomic E-state index is 11.8. The van der Waals surface area contributed by atoms with Gasteiger partial charge in [0.05, 0.1) is 29.6 Å². The zero-order chi connectivity index (χ0) is 21.5. The summed E-state index contributed by atoms with van der Waals surface area (Å²) in [5.74, 6) is 0.360. The lowest BCUT2D eigenvalue weighted by Gasteiger charge is -2.17. The quantitative estimate of drug-likeness (QED) is 0.606. The maximum Gasteiger partial charge on any atom is 0.229 e. The molecule has 0 bridgehead atoms. The second-order valence-electron chi connectivity index (χ2n) is 7.22. The number of fused-ring (bicyclic) bond motifs is 1. The summed E-state index contributed by atoms with van der Waals surface area (Å²) < 4.78 is 28.7. The Bertz CT molecular complexity index is 1180. The Kier molecular flexibility index (Phi) is 5.88. The van der Waals surface area contributed by atoms with Crippen molar-refractivity contribution in [2.45, 2.75) is 38.8 Å². The molecule has 1 aliphatic heterocycles. The number of aryl methyl sites for hydroxylation is 1. The van der Waals surface area contributed by atoms with Gasteiger partial charge in [-0.25, -0.2) is 22.4 Å². The molecule has 4 heterocycles. The Morgan fingerprint density at radius 2 is 2.00 bits per heavy atom. The molecule has 3 aromatic heterocycles. The lowest BCUT2D eigenvalue weighted by molar-refractivity contribution is 0.393. The molecular formula is C17H22Cl2N8O2S. The molecule has 4 rings (SSSR count). The van der Waals surface area contributed by atoms with E-state index in [-0.39, 0.29) is 6.04 Å². The van der Waals surface area contributed by atoms with Gasteiger partial charge in [0.25, 0.3) is 0 Å². The van der Waals surface area contributed by atoms with E-state index in [0.29, 0.717) is 59.0 Å². The van der Waals surface area contributed by atoms with Crippen molar-refractivity contribution >= 4 is 55.9 Å². The standard InChI is InChI=1S/C17H22Cl2N8O2S/c1-3-26-16-12(14(18)23-26)9-20-17(22-16)21-13-10-27(24-15(13)19)11-5-4-7-25(8-6-11)30(2,28)29/h9-11H,3-8H2,1-2H3,(H,20,21,22). The molecule has 30 heavy (non-hydrogen) atoms. The predicted molar refractivity (Wildman–Crippen MR) is 116 cm³/mol. The summed E-state index contributed by atoms with van der Waals surface area (Å²) in [6.07, 6.45) is 6.92. The van der Waals surface area contributed by atoms with E-state index in [2.05, 4.69) is 25.5 Å². The number of halogens is 2. The number of nitrogens with zero attached hydrogens (tertiary/aromatic N) is 7. The van der Waals surface area contributed by atoms with Crippen LogP contribution in [-0.4, -0.2) is 61.6 Å². The molecule has 1 aliphatic rings. The molecule has 1 N–H and O–H groups in total. The van der Waals surface area contributed by atoms with Crippen LogP contribution in [0.25, 0.3) is 11.0 Å². The van der Waals surface area contributed by atoms with Crippen molar-refractivity contribution in [2.75, 3.05) is 24.7 Å². The highest BCUT2D eigenvalue weighted by Crippen LogP contribution is 2.30. The van der Waals surface area contributed by atoms with Crippen LogP contribution in [0.2, 0.25) is 10.3 Å². The van der Waals surface area contributed by atoms with Crippen molar-refractivity contribution in [3.8, 4) is 0 Å². The molecule has 0 spiro atoms. The van der Waals surface area contributed by atoms with Crippen LogP contribution >= 0.6 is 23.2 Å². The van der Waals surface area contributed by atoms with Crippen LogP contribution in [0.3, 0.4) is 0 Å². The van der Waals surface area contributed by atoms with Gasteiger partial charge >= 0.3 is 0 Å². The third kappa shape index (κ3) is 4.25. The number of aromatic nitrogens is 6. The number of nitrogens with one attached hydrogen (secondary N) is 1. The molecule has 10 nitrogen and oxygen atoms in total. The van der Waals surface area contributed by atoms with Crippen LogP contribution in [0.4, 0.5) is 11.6 Å². The minimum absolute atomic E-state index is 0.0635. The van der Waals surface area contributed by atoms with E-state index < -0.39 is 10.0 Å². The lowest BCUT2D eigenvalue weighted by atomic mass is 10.1. The molecule has 1 unspecified atom stereocenters. The number of anilines is 2. The van der Waals surface area contributed by atoms with E-state index >= 15 is 0 Å². The minimum Gasteiger partial charge on any atom is -0.320 e. The average molecular weight is 473 g/mol. The molecule has 0 amide bonds. The van der Waals surface area contributed by atoms with Crippen LogP contribution in [0, 0.1) is 0 Å². The third-order valence-electron chi connectivity index (χ3n) is 5.18. The second-order valence-corrected chi connectivity index (χ2v) is 9.92. The molecule has 1 fully saturated rings. The van der Waals surface area contributed by atoms with Crippen molar-refractivity contribution in [1.82, 2.24) is 33.8 Å². The van der Waals surface area contributed by atoms with Crippen LogP contribution in [0.1, 0.15) is 32.2 Å². The summed E-state index contributed by atoms with van der Waals surface area (Å²) in [7, 11) is -3.19. The summed E-state index contributed by atoms with van der Waals surface area (Å²) in [4.78, 5) is 8.80. The fourth-order valence-electron chi connectivity index (χ4n) is 3.61. The molecule has 162 valence electrons. The zero-order valence-corrected chi connectivity index (χ0v) is 18.9. The first kappa shape index (κ1) is 21.3. The largest absolute Gasteiger partial charge is 0.320 e. The molecular weight excluding hydrogens is 451 g/mol. The Hall–Kier alpha value is -1.95. The van der Waals surface area contributed by atoms with Crippen molar-refractivity contribution in [1.29, 1.82) is 0 Å². The third-order valence-corrected chi connectivity index (χ3v) is 7.04. The molecule has 13 heteroatoms. The van der Waals surface area contributed by atoms with Crippen LogP contribution in [0.15, 0.2) is 12.4 Å². The van der Waals surface area contributed by atoms with Crippen molar-refractivity contribution in [3.63, 3.8) is 0 Å². The van der Waals surface area contributed by atoms with E-state index in [1.54, 1.807) is 21.8 Å². The van der Waals surface area contributed by atoms with Gasteiger partial charge < -0.3 is 5.32 Å². The first-order chi connectivity index (χ1) is 14.3. The van der Waals surface area contributed by atoms with Gasteiger partial charge in [-0.2, -0.15) is 15.2 Å². The van der Waals surface area contributed by atoms with Gasteiger partial charge in [-0.05, 0) is 26.2 Å². The summed E-state index contributed by atoms with van der Waals surface area (Å²) in [6, 6.07) is 0.0635. The van der Waals surface area contributed by atoms with Gasteiger partial charge in [0.2, 0.25) is 16.0 Å². The molecule has 0 aliphatic carbocycles. The molecule has 0 saturated carbocycles. The summed E-state index contributed by atoms with van der Waals surface area (Å²) in [5, 5.41) is 13.1. The van der Waals surface area contributed by atoms with Crippen LogP contribution in [-0.2, 0) is 16.6 Å². The van der Waals surface area contributed by atoms with Crippen molar-refractivity contribution in [3.05, 3.63) is 22.7 Å². The van der Waals surface area contributed by atoms with Crippen molar-refractivity contribution in [2.24, 2.45) is 0 Å². The number of hydrogen-bond acceptors (Lipinski definition) is 7. The zero-order valence-electron chi connectivity index (χ0n) is 16.6.